The molecule has 0 amide bonds. The van der Waals surface area contributed by atoms with Gasteiger partial charge < -0.3 is 0 Å². The first kappa shape index (κ1) is 8.06. The minimum atomic E-state index is 0.480. The van der Waals surface area contributed by atoms with Crippen molar-refractivity contribution in [2.45, 2.75) is 12.8 Å². The van der Waals surface area contributed by atoms with E-state index < -0.39 is 0 Å². The van der Waals surface area contributed by atoms with Crippen molar-refractivity contribution in [3.05, 3.63) is 55.0 Å². The second-order valence-corrected chi connectivity index (χ2v) is 2.63. The summed E-state index contributed by atoms with van der Waals surface area (Å²) in [6.45, 7) is 5.83. The summed E-state index contributed by atoms with van der Waals surface area (Å²) in [5.74, 6) is 0.480. The molecule has 0 saturated heterocycles. The molecule has 0 aromatic heterocycles. The van der Waals surface area contributed by atoms with Gasteiger partial charge in [-0.2, -0.15) is 0 Å². The molecule has 0 saturated carbocycles. The highest BCUT2D eigenvalue weighted by molar-refractivity contribution is 5.22. The van der Waals surface area contributed by atoms with E-state index in [1.165, 1.54) is 5.56 Å². The molecule has 0 fully saturated rings. The zero-order chi connectivity index (χ0) is 8.10. The van der Waals surface area contributed by atoms with Crippen molar-refractivity contribution < 1.29 is 0 Å². The highest BCUT2D eigenvalue weighted by atomic mass is 14.0. The molecule has 0 heteroatoms. The molecule has 1 rings (SSSR count). The number of benzene rings is 1. The van der Waals surface area contributed by atoms with Crippen LogP contribution < -0.4 is 0 Å². The maximum absolute atomic E-state index is 3.67. The van der Waals surface area contributed by atoms with E-state index in [1.54, 1.807) is 0 Å². The van der Waals surface area contributed by atoms with Crippen LogP contribution in [-0.2, 0) is 0 Å². The summed E-state index contributed by atoms with van der Waals surface area (Å²) in [6, 6.07) is 10.4. The van der Waals surface area contributed by atoms with Crippen LogP contribution in [0.2, 0.25) is 0 Å². The summed E-state index contributed by atoms with van der Waals surface area (Å²) < 4.78 is 0. The van der Waals surface area contributed by atoms with Crippen LogP contribution in [0.25, 0.3) is 0 Å². The molecular formula is C11H13. The van der Waals surface area contributed by atoms with Gasteiger partial charge in [-0.25, -0.2) is 0 Å². The van der Waals surface area contributed by atoms with Gasteiger partial charge in [0.05, 0.1) is 0 Å². The first-order valence-corrected chi connectivity index (χ1v) is 3.85. The summed E-state index contributed by atoms with van der Waals surface area (Å²) in [5.41, 5.74) is 1.34. The molecule has 0 aliphatic rings. The largest absolute Gasteiger partial charge is 0.0876 e. The highest BCUT2D eigenvalue weighted by Gasteiger charge is 1.97. The normalized spacial score (nSPS) is 13.6. The van der Waals surface area contributed by atoms with Crippen LogP contribution in [0, 0.1) is 6.92 Å². The van der Waals surface area contributed by atoms with Gasteiger partial charge in [-0.05, 0) is 18.4 Å². The predicted molar refractivity (Wildman–Crippen MR) is 49.4 cm³/mol. The molecule has 1 aromatic carbocycles. The maximum atomic E-state index is 3.67. The van der Waals surface area contributed by atoms with Crippen LogP contribution in [0.1, 0.15) is 18.4 Å². The summed E-state index contributed by atoms with van der Waals surface area (Å²) in [6.07, 6.45) is 3.94. The van der Waals surface area contributed by atoms with Gasteiger partial charge in [-0.15, -0.1) is 0 Å². The first-order valence-electron chi connectivity index (χ1n) is 3.85. The summed E-state index contributed by atoms with van der Waals surface area (Å²) in [5, 5.41) is 0. The number of hydrogen-bond acceptors (Lipinski definition) is 0. The van der Waals surface area contributed by atoms with Gasteiger partial charge in [-0.3, -0.25) is 0 Å². The molecule has 0 aliphatic heterocycles. The maximum Gasteiger partial charge on any atom is -0.00104 e. The Balaban J connectivity index is 2.76. The Hall–Kier alpha value is -1.04. The van der Waals surface area contributed by atoms with E-state index in [-0.39, 0.29) is 0 Å². The lowest BCUT2D eigenvalue weighted by Gasteiger charge is -2.04. The quantitative estimate of drug-likeness (QED) is 0.599. The molecule has 0 N–H and O–H groups in total. The molecule has 0 spiro atoms. The molecule has 0 heterocycles. The van der Waals surface area contributed by atoms with Crippen LogP contribution in [0.15, 0.2) is 42.5 Å². The Morgan fingerprint density at radius 3 is 2.45 bits per heavy atom. The third-order valence-electron chi connectivity index (χ3n) is 1.75. The van der Waals surface area contributed by atoms with Crippen molar-refractivity contribution in [3.63, 3.8) is 0 Å². The van der Waals surface area contributed by atoms with Gasteiger partial charge in [-0.1, -0.05) is 49.4 Å². The first-order chi connectivity index (χ1) is 5.34. The Bertz CT molecular complexity index is 221. The van der Waals surface area contributed by atoms with Crippen molar-refractivity contribution in [1.82, 2.24) is 0 Å². The van der Waals surface area contributed by atoms with Crippen LogP contribution in [-0.4, -0.2) is 0 Å². The van der Waals surface area contributed by atoms with Gasteiger partial charge in [0, 0.05) is 0 Å². The van der Waals surface area contributed by atoms with Crippen LogP contribution in [0.3, 0.4) is 0 Å². The van der Waals surface area contributed by atoms with E-state index in [1.807, 2.05) is 12.1 Å². The Labute approximate surface area is 68.6 Å². The fourth-order valence-electron chi connectivity index (χ4n) is 1.07. The van der Waals surface area contributed by atoms with Crippen LogP contribution in [0.4, 0.5) is 0 Å². The lowest BCUT2D eigenvalue weighted by molar-refractivity contribution is 0.968. The Morgan fingerprint density at radius 1 is 1.27 bits per heavy atom. The average Bonchev–Trinajstić information content (AvgIpc) is 2.07. The van der Waals surface area contributed by atoms with Crippen molar-refractivity contribution in [2.75, 3.05) is 0 Å². The number of hydrogen-bond donors (Lipinski definition) is 0. The average molecular weight is 145 g/mol. The predicted octanol–water partition coefficient (Wildman–Crippen LogP) is 3.18. The van der Waals surface area contributed by atoms with Crippen molar-refractivity contribution in [3.8, 4) is 0 Å². The SMILES string of the molecule is [CH2]C=CC(C)c1ccccc1. The third kappa shape index (κ3) is 2.23. The molecule has 0 nitrogen and oxygen atoms in total. The second kappa shape index (κ2) is 3.97. The van der Waals surface area contributed by atoms with E-state index in [2.05, 4.69) is 44.2 Å². The monoisotopic (exact) mass is 145 g/mol. The van der Waals surface area contributed by atoms with Gasteiger partial charge in [0.2, 0.25) is 0 Å². The van der Waals surface area contributed by atoms with Crippen LogP contribution in [0.5, 0.6) is 0 Å². The van der Waals surface area contributed by atoms with Gasteiger partial charge >= 0.3 is 0 Å². The minimum Gasteiger partial charge on any atom is -0.0876 e. The Kier molecular flexibility index (Phi) is 2.91. The van der Waals surface area contributed by atoms with E-state index in [4.69, 9.17) is 0 Å². The van der Waals surface area contributed by atoms with E-state index in [0.717, 1.165) is 0 Å². The highest BCUT2D eigenvalue weighted by Crippen LogP contribution is 2.14. The van der Waals surface area contributed by atoms with Crippen LogP contribution >= 0.6 is 0 Å². The number of rotatable bonds is 2. The van der Waals surface area contributed by atoms with Gasteiger partial charge in [0.15, 0.2) is 0 Å². The van der Waals surface area contributed by atoms with Crippen molar-refractivity contribution in [1.29, 1.82) is 0 Å². The van der Waals surface area contributed by atoms with Gasteiger partial charge in [0.1, 0.15) is 0 Å². The molecule has 11 heavy (non-hydrogen) atoms. The fraction of sp³-hybridized carbons (Fsp3) is 0.182. The summed E-state index contributed by atoms with van der Waals surface area (Å²) in [4.78, 5) is 0. The molecule has 1 atom stereocenters. The smallest absolute Gasteiger partial charge is 0.00104 e. The summed E-state index contributed by atoms with van der Waals surface area (Å²) in [7, 11) is 0. The zero-order valence-electron chi connectivity index (χ0n) is 6.83. The molecular weight excluding hydrogens is 132 g/mol. The lowest BCUT2D eigenvalue weighted by Crippen LogP contribution is -1.86. The van der Waals surface area contributed by atoms with Crippen molar-refractivity contribution >= 4 is 0 Å². The molecule has 1 aromatic rings. The molecule has 1 unspecified atom stereocenters. The molecule has 1 radical (unpaired) electrons. The Morgan fingerprint density at radius 2 is 1.91 bits per heavy atom. The van der Waals surface area contributed by atoms with E-state index in [0.29, 0.717) is 5.92 Å². The standard InChI is InChI=1S/C11H13/c1-3-7-10(2)11-8-5-4-6-9-11/h3-10H,1H2,2H3. The molecule has 57 valence electrons. The van der Waals surface area contributed by atoms with Gasteiger partial charge in [0.25, 0.3) is 0 Å². The number of allylic oxidation sites excluding steroid dienone is 2. The molecule has 0 aliphatic carbocycles. The lowest BCUT2D eigenvalue weighted by atomic mass is 10.0. The molecule has 0 bridgehead atoms. The minimum absolute atomic E-state index is 0.480. The topological polar surface area (TPSA) is 0 Å². The van der Waals surface area contributed by atoms with E-state index >= 15 is 0 Å². The zero-order valence-corrected chi connectivity index (χ0v) is 6.83. The summed E-state index contributed by atoms with van der Waals surface area (Å²) >= 11 is 0. The third-order valence-corrected chi connectivity index (χ3v) is 1.75. The second-order valence-electron chi connectivity index (χ2n) is 2.63. The van der Waals surface area contributed by atoms with E-state index in [9.17, 15) is 0 Å². The van der Waals surface area contributed by atoms with Crippen molar-refractivity contribution in [2.24, 2.45) is 0 Å². The fourth-order valence-corrected chi connectivity index (χ4v) is 1.07.